The van der Waals surface area contributed by atoms with Crippen LogP contribution in [-0.2, 0) is 6.54 Å². The van der Waals surface area contributed by atoms with Crippen LogP contribution in [0.15, 0.2) is 12.4 Å². The molecule has 0 spiro atoms. The standard InChI is InChI=1S/C15H25N3O/c1-3-12-7-5-6-8-14(12)19-15-11-17-10-13(18-15)9-16-4-2/h10-12,14,16H,3-9H2,1-2H3. The number of hydrogen-bond donors (Lipinski definition) is 1. The van der Waals surface area contributed by atoms with Gasteiger partial charge in [0.25, 0.3) is 0 Å². The number of nitrogens with one attached hydrogen (secondary N) is 1. The van der Waals surface area contributed by atoms with E-state index in [0.717, 1.165) is 25.2 Å². The Kier molecular flexibility index (Phi) is 5.58. The van der Waals surface area contributed by atoms with E-state index in [2.05, 4.69) is 29.1 Å². The average molecular weight is 263 g/mol. The predicted octanol–water partition coefficient (Wildman–Crippen LogP) is 2.93. The zero-order chi connectivity index (χ0) is 13.5. The van der Waals surface area contributed by atoms with Gasteiger partial charge in [-0.25, -0.2) is 4.98 Å². The van der Waals surface area contributed by atoms with E-state index in [0.29, 0.717) is 17.9 Å². The first-order valence-corrected chi connectivity index (χ1v) is 7.51. The van der Waals surface area contributed by atoms with E-state index in [4.69, 9.17) is 4.74 Å². The van der Waals surface area contributed by atoms with Gasteiger partial charge in [0.1, 0.15) is 6.10 Å². The molecule has 2 unspecified atom stereocenters. The third-order valence-corrected chi connectivity index (χ3v) is 3.85. The quantitative estimate of drug-likeness (QED) is 0.857. The third kappa shape index (κ3) is 4.16. The van der Waals surface area contributed by atoms with Crippen molar-refractivity contribution in [2.45, 2.75) is 58.6 Å². The number of rotatable bonds is 6. The lowest BCUT2D eigenvalue weighted by Crippen LogP contribution is -2.30. The molecule has 0 radical (unpaired) electrons. The molecule has 1 saturated carbocycles. The first-order chi connectivity index (χ1) is 9.33. The number of ether oxygens (including phenoxy) is 1. The summed E-state index contributed by atoms with van der Waals surface area (Å²) in [5, 5.41) is 3.26. The molecular formula is C15H25N3O. The second-order valence-corrected chi connectivity index (χ2v) is 5.24. The molecule has 0 aromatic carbocycles. The van der Waals surface area contributed by atoms with Crippen LogP contribution in [0, 0.1) is 5.92 Å². The van der Waals surface area contributed by atoms with Crippen molar-refractivity contribution in [2.75, 3.05) is 6.54 Å². The lowest BCUT2D eigenvalue weighted by atomic mass is 9.85. The SMILES string of the molecule is CCNCc1cncc(OC2CCCCC2CC)n1. The molecule has 106 valence electrons. The largest absolute Gasteiger partial charge is 0.473 e. The van der Waals surface area contributed by atoms with Crippen LogP contribution in [0.3, 0.4) is 0 Å². The minimum Gasteiger partial charge on any atom is -0.473 e. The molecule has 0 bridgehead atoms. The molecule has 1 fully saturated rings. The first kappa shape index (κ1) is 14.3. The molecule has 1 N–H and O–H groups in total. The van der Waals surface area contributed by atoms with Gasteiger partial charge in [0, 0.05) is 12.7 Å². The van der Waals surface area contributed by atoms with Crippen LogP contribution in [0.2, 0.25) is 0 Å². The first-order valence-electron chi connectivity index (χ1n) is 7.51. The van der Waals surface area contributed by atoms with Gasteiger partial charge in [0.05, 0.1) is 11.9 Å². The summed E-state index contributed by atoms with van der Waals surface area (Å²) in [7, 11) is 0. The van der Waals surface area contributed by atoms with Crippen molar-refractivity contribution in [3.05, 3.63) is 18.1 Å². The Balaban J connectivity index is 1.97. The Morgan fingerprint density at radius 3 is 2.89 bits per heavy atom. The van der Waals surface area contributed by atoms with Crippen LogP contribution in [0.5, 0.6) is 5.88 Å². The van der Waals surface area contributed by atoms with E-state index in [1.807, 2.05) is 0 Å². The van der Waals surface area contributed by atoms with Gasteiger partial charge >= 0.3 is 0 Å². The maximum absolute atomic E-state index is 6.08. The Hall–Kier alpha value is -1.16. The molecule has 1 aromatic rings. The Labute approximate surface area is 116 Å². The summed E-state index contributed by atoms with van der Waals surface area (Å²) in [6.45, 7) is 6.02. The third-order valence-electron chi connectivity index (χ3n) is 3.85. The van der Waals surface area contributed by atoms with E-state index < -0.39 is 0 Å². The smallest absolute Gasteiger partial charge is 0.232 e. The zero-order valence-corrected chi connectivity index (χ0v) is 12.1. The van der Waals surface area contributed by atoms with E-state index in [9.17, 15) is 0 Å². The molecule has 1 heterocycles. The predicted molar refractivity (Wildman–Crippen MR) is 76.1 cm³/mol. The van der Waals surface area contributed by atoms with E-state index in [-0.39, 0.29) is 0 Å². The number of aromatic nitrogens is 2. The molecule has 19 heavy (non-hydrogen) atoms. The Morgan fingerprint density at radius 1 is 1.26 bits per heavy atom. The second kappa shape index (κ2) is 7.43. The summed E-state index contributed by atoms with van der Waals surface area (Å²) < 4.78 is 6.08. The van der Waals surface area contributed by atoms with Crippen LogP contribution in [0.1, 0.15) is 51.6 Å². The summed E-state index contributed by atoms with van der Waals surface area (Å²) in [6, 6.07) is 0. The summed E-state index contributed by atoms with van der Waals surface area (Å²) >= 11 is 0. The highest BCUT2D eigenvalue weighted by Crippen LogP contribution is 2.29. The van der Waals surface area contributed by atoms with Gasteiger partial charge in [-0.05, 0) is 38.1 Å². The number of hydrogen-bond acceptors (Lipinski definition) is 4. The van der Waals surface area contributed by atoms with Crippen LogP contribution in [-0.4, -0.2) is 22.6 Å². The van der Waals surface area contributed by atoms with Gasteiger partial charge in [0.2, 0.25) is 5.88 Å². The molecule has 2 rings (SSSR count). The van der Waals surface area contributed by atoms with Crippen molar-refractivity contribution in [1.29, 1.82) is 0 Å². The molecular weight excluding hydrogens is 238 g/mol. The zero-order valence-electron chi connectivity index (χ0n) is 12.1. The van der Waals surface area contributed by atoms with Crippen molar-refractivity contribution < 1.29 is 4.74 Å². The molecule has 0 aliphatic heterocycles. The van der Waals surface area contributed by atoms with E-state index >= 15 is 0 Å². The minimum absolute atomic E-state index is 0.322. The molecule has 2 atom stereocenters. The summed E-state index contributed by atoms with van der Waals surface area (Å²) in [4.78, 5) is 8.75. The van der Waals surface area contributed by atoms with Gasteiger partial charge in [0.15, 0.2) is 0 Å². The second-order valence-electron chi connectivity index (χ2n) is 5.24. The van der Waals surface area contributed by atoms with Crippen LogP contribution in [0.4, 0.5) is 0 Å². The monoisotopic (exact) mass is 263 g/mol. The maximum atomic E-state index is 6.08. The van der Waals surface area contributed by atoms with Gasteiger partial charge in [-0.3, -0.25) is 4.98 Å². The van der Waals surface area contributed by atoms with Crippen LogP contribution in [0.25, 0.3) is 0 Å². The van der Waals surface area contributed by atoms with Gasteiger partial charge < -0.3 is 10.1 Å². The van der Waals surface area contributed by atoms with Crippen LogP contribution >= 0.6 is 0 Å². The molecule has 1 aliphatic carbocycles. The minimum atomic E-state index is 0.322. The maximum Gasteiger partial charge on any atom is 0.232 e. The summed E-state index contributed by atoms with van der Waals surface area (Å²) in [5.41, 5.74) is 0.947. The van der Waals surface area contributed by atoms with Gasteiger partial charge in [-0.15, -0.1) is 0 Å². The molecule has 1 aromatic heterocycles. The van der Waals surface area contributed by atoms with Crippen molar-refractivity contribution in [1.82, 2.24) is 15.3 Å². The molecule has 0 amide bonds. The topological polar surface area (TPSA) is 47.0 Å². The summed E-state index contributed by atoms with van der Waals surface area (Å²) in [6.07, 6.45) is 10.1. The molecule has 1 aliphatic rings. The van der Waals surface area contributed by atoms with Gasteiger partial charge in [-0.1, -0.05) is 20.3 Å². The van der Waals surface area contributed by atoms with Crippen molar-refractivity contribution in [3.8, 4) is 5.88 Å². The highest BCUT2D eigenvalue weighted by atomic mass is 16.5. The lowest BCUT2D eigenvalue weighted by molar-refractivity contribution is 0.0852. The lowest BCUT2D eigenvalue weighted by Gasteiger charge is -2.30. The fraction of sp³-hybridized carbons (Fsp3) is 0.733. The van der Waals surface area contributed by atoms with Gasteiger partial charge in [-0.2, -0.15) is 0 Å². The highest BCUT2D eigenvalue weighted by Gasteiger charge is 2.25. The molecule has 0 saturated heterocycles. The Morgan fingerprint density at radius 2 is 2.11 bits per heavy atom. The molecule has 4 nitrogen and oxygen atoms in total. The van der Waals surface area contributed by atoms with E-state index in [1.54, 1.807) is 12.4 Å². The normalized spacial score (nSPS) is 23.3. The number of nitrogens with zero attached hydrogens (tertiary/aromatic N) is 2. The average Bonchev–Trinajstić information content (AvgIpc) is 2.46. The summed E-state index contributed by atoms with van der Waals surface area (Å²) in [5.74, 6) is 1.36. The fourth-order valence-electron chi connectivity index (χ4n) is 2.73. The van der Waals surface area contributed by atoms with Crippen molar-refractivity contribution in [2.24, 2.45) is 5.92 Å². The van der Waals surface area contributed by atoms with Crippen molar-refractivity contribution in [3.63, 3.8) is 0 Å². The van der Waals surface area contributed by atoms with Crippen molar-refractivity contribution >= 4 is 0 Å². The highest BCUT2D eigenvalue weighted by molar-refractivity contribution is 5.09. The van der Waals surface area contributed by atoms with E-state index in [1.165, 1.54) is 25.7 Å². The van der Waals surface area contributed by atoms with Crippen LogP contribution < -0.4 is 10.1 Å². The Bertz CT molecular complexity index is 383. The fourth-order valence-corrected chi connectivity index (χ4v) is 2.73. The molecule has 4 heteroatoms.